The Bertz CT molecular complexity index is 876. The average molecular weight is 344 g/mol. The van der Waals surface area contributed by atoms with E-state index in [4.69, 9.17) is 22.1 Å². The number of nitrogens with one attached hydrogen (secondary N) is 1. The average Bonchev–Trinajstić information content (AvgIpc) is 2.96. The number of benzene rings is 2. The zero-order chi connectivity index (χ0) is 17.1. The number of anilines is 2. The van der Waals surface area contributed by atoms with Crippen LogP contribution in [-0.2, 0) is 0 Å². The number of aromatic nitrogens is 3. The van der Waals surface area contributed by atoms with Crippen LogP contribution in [0.3, 0.4) is 0 Å². The van der Waals surface area contributed by atoms with Crippen molar-refractivity contribution in [1.82, 2.24) is 15.0 Å². The van der Waals surface area contributed by atoms with Crippen molar-refractivity contribution in [2.45, 2.75) is 0 Å². The Morgan fingerprint density at radius 1 is 1.25 bits per heavy atom. The van der Waals surface area contributed by atoms with Crippen LogP contribution in [-0.4, -0.2) is 28.0 Å². The molecule has 7 nitrogen and oxygen atoms in total. The van der Waals surface area contributed by atoms with Gasteiger partial charge in [-0.3, -0.25) is 4.79 Å². The SMILES string of the molecule is COc1ccc(-n2nnc(C(=O)Nc3cccc(Cl)c3)c2N)cc1. The standard InChI is InChI=1S/C16H14ClN5O2/c1-24-13-7-5-12(6-8-13)22-15(18)14(20-21-22)16(23)19-11-4-2-3-10(17)9-11/h2-9H,18H2,1H3,(H,19,23). The van der Waals surface area contributed by atoms with Crippen molar-refractivity contribution < 1.29 is 9.53 Å². The van der Waals surface area contributed by atoms with Crippen molar-refractivity contribution in [3.8, 4) is 11.4 Å². The molecule has 0 bridgehead atoms. The van der Waals surface area contributed by atoms with Gasteiger partial charge in [0.25, 0.3) is 5.91 Å². The molecule has 0 atom stereocenters. The van der Waals surface area contributed by atoms with Crippen LogP contribution in [0, 0.1) is 0 Å². The predicted octanol–water partition coefficient (Wildman–Crippen LogP) is 2.76. The molecule has 8 heteroatoms. The van der Waals surface area contributed by atoms with E-state index in [2.05, 4.69) is 15.6 Å². The highest BCUT2D eigenvalue weighted by molar-refractivity contribution is 6.31. The molecule has 1 aromatic heterocycles. The summed E-state index contributed by atoms with van der Waals surface area (Å²) < 4.78 is 6.48. The molecule has 3 N–H and O–H groups in total. The van der Waals surface area contributed by atoms with E-state index in [1.54, 1.807) is 55.6 Å². The summed E-state index contributed by atoms with van der Waals surface area (Å²) in [6.07, 6.45) is 0. The monoisotopic (exact) mass is 343 g/mol. The maximum atomic E-state index is 12.3. The van der Waals surface area contributed by atoms with E-state index in [0.29, 0.717) is 22.1 Å². The van der Waals surface area contributed by atoms with Gasteiger partial charge < -0.3 is 15.8 Å². The largest absolute Gasteiger partial charge is 0.497 e. The summed E-state index contributed by atoms with van der Waals surface area (Å²) in [5.41, 5.74) is 7.26. The Balaban J connectivity index is 1.84. The van der Waals surface area contributed by atoms with Crippen LogP contribution >= 0.6 is 11.6 Å². The molecule has 0 radical (unpaired) electrons. The Kier molecular flexibility index (Phi) is 4.35. The molecular weight excluding hydrogens is 330 g/mol. The van der Waals surface area contributed by atoms with Gasteiger partial charge in [0.05, 0.1) is 12.8 Å². The van der Waals surface area contributed by atoms with Gasteiger partial charge in [0.1, 0.15) is 5.75 Å². The molecule has 2 aromatic carbocycles. The lowest BCUT2D eigenvalue weighted by Crippen LogP contribution is -2.15. The van der Waals surface area contributed by atoms with Gasteiger partial charge in [-0.1, -0.05) is 22.9 Å². The van der Waals surface area contributed by atoms with E-state index >= 15 is 0 Å². The van der Waals surface area contributed by atoms with Crippen LogP contribution < -0.4 is 15.8 Å². The van der Waals surface area contributed by atoms with E-state index in [-0.39, 0.29) is 11.5 Å². The number of rotatable bonds is 4. The number of halogens is 1. The molecule has 0 aliphatic heterocycles. The van der Waals surface area contributed by atoms with Gasteiger partial charge in [-0.15, -0.1) is 5.10 Å². The predicted molar refractivity (Wildman–Crippen MR) is 91.7 cm³/mol. The third-order valence-corrected chi connectivity index (χ3v) is 3.55. The summed E-state index contributed by atoms with van der Waals surface area (Å²) in [7, 11) is 1.58. The molecule has 1 amide bonds. The third kappa shape index (κ3) is 3.16. The van der Waals surface area contributed by atoms with Crippen LogP contribution in [0.5, 0.6) is 5.75 Å². The van der Waals surface area contributed by atoms with Gasteiger partial charge in [0.2, 0.25) is 0 Å². The Hall–Kier alpha value is -3.06. The molecule has 24 heavy (non-hydrogen) atoms. The van der Waals surface area contributed by atoms with Gasteiger partial charge in [0, 0.05) is 10.7 Å². The zero-order valence-electron chi connectivity index (χ0n) is 12.7. The summed E-state index contributed by atoms with van der Waals surface area (Å²) >= 11 is 5.90. The van der Waals surface area contributed by atoms with E-state index < -0.39 is 5.91 Å². The van der Waals surface area contributed by atoms with Crippen molar-refractivity contribution in [3.05, 3.63) is 59.2 Å². The topological polar surface area (TPSA) is 95.1 Å². The summed E-state index contributed by atoms with van der Waals surface area (Å²) in [5, 5.41) is 11.0. The van der Waals surface area contributed by atoms with Gasteiger partial charge in [0.15, 0.2) is 11.5 Å². The number of carbonyl (C=O) groups excluding carboxylic acids is 1. The highest BCUT2D eigenvalue weighted by Crippen LogP contribution is 2.20. The number of hydrogen-bond acceptors (Lipinski definition) is 5. The molecule has 0 spiro atoms. The molecule has 3 rings (SSSR count). The van der Waals surface area contributed by atoms with Crippen LogP contribution in [0.15, 0.2) is 48.5 Å². The fraction of sp³-hybridized carbons (Fsp3) is 0.0625. The van der Waals surface area contributed by atoms with Gasteiger partial charge in [-0.05, 0) is 42.5 Å². The lowest BCUT2D eigenvalue weighted by Gasteiger charge is -2.06. The lowest BCUT2D eigenvalue weighted by atomic mass is 10.3. The van der Waals surface area contributed by atoms with Crippen LogP contribution in [0.4, 0.5) is 11.5 Å². The smallest absolute Gasteiger partial charge is 0.280 e. The normalized spacial score (nSPS) is 10.4. The summed E-state index contributed by atoms with van der Waals surface area (Å²) in [6.45, 7) is 0. The number of nitrogens with two attached hydrogens (primary N) is 1. The number of carbonyl (C=O) groups is 1. The highest BCUT2D eigenvalue weighted by Gasteiger charge is 2.18. The number of amides is 1. The molecule has 1 heterocycles. The molecule has 0 saturated carbocycles. The van der Waals surface area contributed by atoms with Crippen LogP contribution in [0.25, 0.3) is 5.69 Å². The minimum Gasteiger partial charge on any atom is -0.497 e. The molecule has 122 valence electrons. The second-order valence-electron chi connectivity index (χ2n) is 4.90. The second-order valence-corrected chi connectivity index (χ2v) is 5.33. The number of methoxy groups -OCH3 is 1. The number of ether oxygens (including phenoxy) is 1. The summed E-state index contributed by atoms with van der Waals surface area (Å²) in [4.78, 5) is 12.3. The van der Waals surface area contributed by atoms with Crippen molar-refractivity contribution in [2.75, 3.05) is 18.2 Å². The first-order valence-corrected chi connectivity index (χ1v) is 7.39. The van der Waals surface area contributed by atoms with E-state index in [0.717, 1.165) is 0 Å². The van der Waals surface area contributed by atoms with E-state index in [9.17, 15) is 4.79 Å². The molecule has 0 saturated heterocycles. The summed E-state index contributed by atoms with van der Waals surface area (Å²) in [6, 6.07) is 13.9. The first-order chi connectivity index (χ1) is 11.6. The zero-order valence-corrected chi connectivity index (χ0v) is 13.5. The fourth-order valence-electron chi connectivity index (χ4n) is 2.12. The van der Waals surface area contributed by atoms with E-state index in [1.165, 1.54) is 4.68 Å². The quantitative estimate of drug-likeness (QED) is 0.759. The lowest BCUT2D eigenvalue weighted by molar-refractivity contribution is 0.102. The second kappa shape index (κ2) is 6.59. The Morgan fingerprint density at radius 3 is 2.67 bits per heavy atom. The van der Waals surface area contributed by atoms with Gasteiger partial charge in [-0.2, -0.15) is 4.68 Å². The first-order valence-electron chi connectivity index (χ1n) is 7.01. The molecule has 0 aliphatic carbocycles. The molecule has 3 aromatic rings. The van der Waals surface area contributed by atoms with Crippen molar-refractivity contribution in [3.63, 3.8) is 0 Å². The minimum atomic E-state index is -0.463. The minimum absolute atomic E-state index is 0.0331. The highest BCUT2D eigenvalue weighted by atomic mass is 35.5. The van der Waals surface area contributed by atoms with Gasteiger partial charge >= 0.3 is 0 Å². The third-order valence-electron chi connectivity index (χ3n) is 3.32. The number of hydrogen-bond donors (Lipinski definition) is 2. The van der Waals surface area contributed by atoms with Crippen LogP contribution in [0.1, 0.15) is 10.5 Å². The van der Waals surface area contributed by atoms with Gasteiger partial charge in [-0.25, -0.2) is 0 Å². The maximum absolute atomic E-state index is 12.3. The van der Waals surface area contributed by atoms with E-state index in [1.807, 2.05) is 0 Å². The molecule has 0 unspecified atom stereocenters. The Labute approximate surface area is 143 Å². The maximum Gasteiger partial charge on any atom is 0.280 e. The molecular formula is C16H14ClN5O2. The molecule has 0 fully saturated rings. The van der Waals surface area contributed by atoms with Crippen molar-refractivity contribution >= 4 is 29.0 Å². The summed E-state index contributed by atoms with van der Waals surface area (Å²) in [5.74, 6) is 0.380. The number of nitrogen functional groups attached to an aromatic ring is 1. The van der Waals surface area contributed by atoms with Crippen LogP contribution in [0.2, 0.25) is 5.02 Å². The first kappa shape index (κ1) is 15.8. The fourth-order valence-corrected chi connectivity index (χ4v) is 2.31. The number of nitrogens with zero attached hydrogens (tertiary/aromatic N) is 3. The van der Waals surface area contributed by atoms with Crippen molar-refractivity contribution in [2.24, 2.45) is 0 Å². The Morgan fingerprint density at radius 2 is 2.00 bits per heavy atom. The molecule has 0 aliphatic rings. The van der Waals surface area contributed by atoms with Crippen molar-refractivity contribution in [1.29, 1.82) is 0 Å².